The van der Waals surface area contributed by atoms with Crippen LogP contribution in [0.4, 0.5) is 9.18 Å². The highest BCUT2D eigenvalue weighted by molar-refractivity contribution is 6.30. The number of hydrogen-bond acceptors (Lipinski definition) is 7. The molecule has 0 radical (unpaired) electrons. The minimum atomic E-state index is -0.628. The van der Waals surface area contributed by atoms with Gasteiger partial charge in [0.1, 0.15) is 17.2 Å². The Hall–Kier alpha value is -3.14. The van der Waals surface area contributed by atoms with Gasteiger partial charge < -0.3 is 24.1 Å². The van der Waals surface area contributed by atoms with Crippen molar-refractivity contribution < 1.29 is 27.9 Å². The Morgan fingerprint density at radius 1 is 1.35 bits per heavy atom. The maximum atomic E-state index is 13.4. The molecule has 1 saturated heterocycles. The number of allylic oxidation sites excluding steroid dienone is 1. The Morgan fingerprint density at radius 2 is 2.09 bits per heavy atom. The summed E-state index contributed by atoms with van der Waals surface area (Å²) < 4.78 is 29.8. The molecule has 34 heavy (non-hydrogen) atoms. The predicted octanol–water partition coefficient (Wildman–Crippen LogP) is 4.23. The topological polar surface area (TPSA) is 107 Å². The van der Waals surface area contributed by atoms with Crippen molar-refractivity contribution >= 4 is 23.6 Å². The molecule has 0 saturated carbocycles. The van der Waals surface area contributed by atoms with Crippen molar-refractivity contribution in [1.29, 1.82) is 0 Å². The van der Waals surface area contributed by atoms with E-state index in [4.69, 9.17) is 25.5 Å². The van der Waals surface area contributed by atoms with Crippen LogP contribution in [0.3, 0.4) is 0 Å². The van der Waals surface area contributed by atoms with Crippen molar-refractivity contribution in [3.05, 3.63) is 53.1 Å². The maximum absolute atomic E-state index is 13.4. The van der Waals surface area contributed by atoms with Crippen molar-refractivity contribution in [2.45, 2.75) is 58.1 Å². The molecule has 9 nitrogen and oxygen atoms in total. The van der Waals surface area contributed by atoms with Gasteiger partial charge in [0.25, 0.3) is 5.91 Å². The third kappa shape index (κ3) is 6.69. The molecule has 0 aliphatic carbocycles. The van der Waals surface area contributed by atoms with Crippen molar-refractivity contribution in [2.24, 2.45) is 0 Å². The quantitative estimate of drug-likeness (QED) is 0.585. The molecule has 2 atom stereocenters. The highest BCUT2D eigenvalue weighted by Gasteiger charge is 2.44. The van der Waals surface area contributed by atoms with E-state index in [1.807, 2.05) is 27.7 Å². The number of halogens is 2. The third-order valence-electron chi connectivity index (χ3n) is 5.11. The van der Waals surface area contributed by atoms with Gasteiger partial charge in [0.15, 0.2) is 6.61 Å². The lowest BCUT2D eigenvalue weighted by atomic mass is 9.90. The average Bonchev–Trinajstić information content (AvgIpc) is 3.19. The summed E-state index contributed by atoms with van der Waals surface area (Å²) in [6, 6.07) is 3.80. The van der Waals surface area contributed by atoms with Gasteiger partial charge >= 0.3 is 6.09 Å². The van der Waals surface area contributed by atoms with E-state index in [-0.39, 0.29) is 35.4 Å². The molecule has 1 aliphatic rings. The first-order valence-corrected chi connectivity index (χ1v) is 11.2. The van der Waals surface area contributed by atoms with E-state index in [1.54, 1.807) is 4.90 Å². The third-order valence-corrected chi connectivity index (χ3v) is 5.42. The first-order chi connectivity index (χ1) is 15.9. The summed E-state index contributed by atoms with van der Waals surface area (Å²) in [5, 5.41) is 10.7. The number of nitrogens with zero attached hydrogens (tertiary/aromatic N) is 3. The number of amides is 2. The fourth-order valence-corrected chi connectivity index (χ4v) is 3.36. The van der Waals surface area contributed by atoms with Crippen molar-refractivity contribution in [3.8, 4) is 5.75 Å². The van der Waals surface area contributed by atoms with Crippen LogP contribution in [0.25, 0.3) is 0 Å². The van der Waals surface area contributed by atoms with Gasteiger partial charge in [-0.3, -0.25) is 4.79 Å². The molecule has 3 rings (SSSR count). The van der Waals surface area contributed by atoms with E-state index in [1.165, 1.54) is 12.1 Å². The van der Waals surface area contributed by atoms with E-state index in [9.17, 15) is 14.0 Å². The highest BCUT2D eigenvalue weighted by atomic mass is 35.5. The number of benzene rings is 1. The fraction of sp³-hybridized carbons (Fsp3) is 0.478. The van der Waals surface area contributed by atoms with Gasteiger partial charge in [0.2, 0.25) is 11.8 Å². The van der Waals surface area contributed by atoms with Crippen molar-refractivity contribution in [1.82, 2.24) is 20.4 Å². The molecule has 1 aliphatic heterocycles. The van der Waals surface area contributed by atoms with Crippen LogP contribution in [-0.4, -0.2) is 51.9 Å². The van der Waals surface area contributed by atoms with Crippen LogP contribution < -0.4 is 10.1 Å². The van der Waals surface area contributed by atoms with Crippen LogP contribution in [0.2, 0.25) is 5.02 Å². The van der Waals surface area contributed by atoms with Crippen molar-refractivity contribution in [3.63, 3.8) is 0 Å². The molecule has 1 unspecified atom stereocenters. The molecular formula is C23H28ClFN4O5. The summed E-state index contributed by atoms with van der Waals surface area (Å²) >= 11 is 5.62. The molecule has 184 valence electrons. The van der Waals surface area contributed by atoms with Crippen LogP contribution in [0.15, 0.2) is 34.9 Å². The number of rotatable bonds is 8. The molecule has 1 aromatic carbocycles. The number of nitrogens with one attached hydrogen (secondary N) is 1. The van der Waals surface area contributed by atoms with Gasteiger partial charge in [-0.1, -0.05) is 18.2 Å². The summed E-state index contributed by atoms with van der Waals surface area (Å²) in [4.78, 5) is 25.9. The second kappa shape index (κ2) is 10.4. The largest absolute Gasteiger partial charge is 0.484 e. The first kappa shape index (κ1) is 25.5. The lowest BCUT2D eigenvalue weighted by molar-refractivity contribution is -0.122. The zero-order valence-electron chi connectivity index (χ0n) is 19.6. The zero-order chi connectivity index (χ0) is 25.0. The summed E-state index contributed by atoms with van der Waals surface area (Å²) in [5.74, 6) is -0.0707. The number of carbonyl (C=O) groups is 2. The number of likely N-dealkylation sites (tertiary alicyclic amines) is 1. The molecular weight excluding hydrogens is 467 g/mol. The summed E-state index contributed by atoms with van der Waals surface area (Å²) in [5.41, 5.74) is -0.110. The molecule has 1 N–H and O–H groups in total. The Bertz CT molecular complexity index is 1070. The van der Waals surface area contributed by atoms with Crippen molar-refractivity contribution in [2.75, 3.05) is 13.2 Å². The second-order valence-corrected chi connectivity index (χ2v) is 9.44. The van der Waals surface area contributed by atoms with Crippen LogP contribution in [-0.2, 0) is 16.0 Å². The Kier molecular flexibility index (Phi) is 7.81. The normalized spacial score (nSPS) is 17.6. The molecule has 0 spiro atoms. The molecule has 2 heterocycles. The molecule has 1 aromatic heterocycles. The van der Waals surface area contributed by atoms with Gasteiger partial charge in [-0.25, -0.2) is 9.18 Å². The number of aryl methyl sites for hydroxylation is 1. The van der Waals surface area contributed by atoms with Gasteiger partial charge in [0.05, 0.1) is 10.9 Å². The number of carbonyl (C=O) groups excluding carboxylic acids is 2. The van der Waals surface area contributed by atoms with Gasteiger partial charge in [-0.15, -0.1) is 10.2 Å². The lowest BCUT2D eigenvalue weighted by Crippen LogP contribution is -2.56. The van der Waals surface area contributed by atoms with E-state index >= 15 is 0 Å². The Labute approximate surface area is 202 Å². The molecule has 0 bridgehead atoms. The standard InChI is InChI=1S/C23H28ClFN4O5/c1-13(26-19(30)12-32-15-7-8-17(24)18(25)10-15)6-9-20-27-28-21(33-20)16-11-29(14(16)2)22(31)34-23(3,4)5/h7-8,10,14,16H,1,6,9,11-12H2,2-5H3,(H,26,30)/t14-,16?/m1/s1. The smallest absolute Gasteiger partial charge is 0.410 e. The fourth-order valence-electron chi connectivity index (χ4n) is 3.24. The van der Waals surface area contributed by atoms with Gasteiger partial charge in [-0.2, -0.15) is 0 Å². The molecule has 11 heteroatoms. The lowest BCUT2D eigenvalue weighted by Gasteiger charge is -2.44. The number of ether oxygens (including phenoxy) is 2. The maximum Gasteiger partial charge on any atom is 0.410 e. The molecule has 2 amide bonds. The Balaban J connectivity index is 1.40. The summed E-state index contributed by atoms with van der Waals surface area (Å²) in [6.45, 7) is 11.3. The van der Waals surface area contributed by atoms with E-state index in [2.05, 4.69) is 22.1 Å². The average molecular weight is 495 g/mol. The first-order valence-electron chi connectivity index (χ1n) is 10.8. The van der Waals surface area contributed by atoms with Gasteiger partial charge in [-0.05, 0) is 46.2 Å². The van der Waals surface area contributed by atoms with Crippen LogP contribution in [0.5, 0.6) is 5.75 Å². The summed E-state index contributed by atoms with van der Waals surface area (Å²) in [6.07, 6.45) is 0.396. The van der Waals surface area contributed by atoms with Gasteiger partial charge in [0, 0.05) is 30.8 Å². The predicted molar refractivity (Wildman–Crippen MR) is 122 cm³/mol. The molecule has 1 fully saturated rings. The zero-order valence-corrected chi connectivity index (χ0v) is 20.3. The summed E-state index contributed by atoms with van der Waals surface area (Å²) in [7, 11) is 0. The Morgan fingerprint density at radius 3 is 2.74 bits per heavy atom. The van der Waals surface area contributed by atoms with Crippen LogP contribution >= 0.6 is 11.6 Å². The minimum Gasteiger partial charge on any atom is -0.484 e. The highest BCUT2D eigenvalue weighted by Crippen LogP contribution is 2.34. The molecule has 2 aromatic rings. The van der Waals surface area contributed by atoms with Crippen LogP contribution in [0.1, 0.15) is 51.8 Å². The SMILES string of the molecule is C=C(CCc1nnc(C2CN(C(=O)OC(C)(C)C)[C@@H]2C)o1)NC(=O)COc1ccc(Cl)c(F)c1. The van der Waals surface area contributed by atoms with E-state index < -0.39 is 17.3 Å². The minimum absolute atomic E-state index is 0.0264. The van der Waals surface area contributed by atoms with E-state index in [0.29, 0.717) is 36.9 Å². The monoisotopic (exact) mass is 494 g/mol. The van der Waals surface area contributed by atoms with E-state index in [0.717, 1.165) is 6.07 Å². The second-order valence-electron chi connectivity index (χ2n) is 9.03. The number of hydrogen-bond donors (Lipinski definition) is 1. The van der Waals surface area contributed by atoms with Crippen LogP contribution in [0, 0.1) is 5.82 Å². The number of aromatic nitrogens is 2.